The van der Waals surface area contributed by atoms with Gasteiger partial charge in [0, 0.05) is 183 Å². The van der Waals surface area contributed by atoms with E-state index in [-0.39, 0.29) is 5.82 Å². The van der Waals surface area contributed by atoms with Gasteiger partial charge in [-0.05, 0) is 158 Å². The minimum atomic E-state index is -0.152. The third-order valence-corrected chi connectivity index (χ3v) is 25.3. The van der Waals surface area contributed by atoms with Crippen molar-refractivity contribution in [2.24, 2.45) is 0 Å². The van der Waals surface area contributed by atoms with Crippen LogP contribution in [0.25, 0.3) is 40.9 Å². The molecule has 0 radical (unpaired) electrons. The van der Waals surface area contributed by atoms with Crippen LogP contribution in [0.5, 0.6) is 0 Å². The molecule has 94 heavy (non-hydrogen) atoms. The summed E-state index contributed by atoms with van der Waals surface area (Å²) in [6, 6.07) is 34.2. The van der Waals surface area contributed by atoms with E-state index >= 15 is 0 Å². The molecule has 2 atom stereocenters. The molecule has 17 rings (SSSR count). The Labute approximate surface area is 583 Å². The summed E-state index contributed by atoms with van der Waals surface area (Å²) in [7, 11) is 8.89. The summed E-state index contributed by atoms with van der Waals surface area (Å²) in [6.07, 6.45) is 19.4. The topological polar surface area (TPSA) is 58.5 Å². The zero-order valence-corrected chi connectivity index (χ0v) is 60.4. The highest BCUT2D eigenvalue weighted by molar-refractivity contribution is 7.23. The second kappa shape index (κ2) is 28.8. The fourth-order valence-corrected chi connectivity index (χ4v) is 20.6. The molecule has 490 valence electrons. The van der Waals surface area contributed by atoms with Crippen LogP contribution >= 0.6 is 80.1 Å². The average molecular weight is 1390 g/mol. The maximum Gasteiger partial charge on any atom is 0.123 e. The van der Waals surface area contributed by atoms with Crippen LogP contribution in [0.2, 0.25) is 13.7 Å². The van der Waals surface area contributed by atoms with Gasteiger partial charge in [0.2, 0.25) is 0 Å². The van der Waals surface area contributed by atoms with E-state index in [0.29, 0.717) is 6.04 Å². The quantitative estimate of drug-likeness (QED) is 0.108. The van der Waals surface area contributed by atoms with E-state index in [1.807, 2.05) is 49.0 Å². The van der Waals surface area contributed by atoms with Gasteiger partial charge in [-0.15, -0.1) is 45.3 Å². The lowest BCUT2D eigenvalue weighted by Gasteiger charge is -2.32. The van der Waals surface area contributed by atoms with Gasteiger partial charge < -0.3 is 33.0 Å². The smallest absolute Gasteiger partial charge is 0.123 e. The Kier molecular flexibility index (Phi) is 20.1. The summed E-state index contributed by atoms with van der Waals surface area (Å²) in [4.78, 5) is 19.9. The molecule has 0 spiro atoms. The lowest BCUT2D eigenvalue weighted by molar-refractivity contribution is 0.222. The third-order valence-electron chi connectivity index (χ3n) is 20.2. The summed E-state index contributed by atoms with van der Waals surface area (Å²) >= 11 is 26.3. The number of rotatable bonds is 14. The molecule has 5 aliphatic rings. The Balaban J connectivity index is 0.000000108. The molecular weight excluding hydrogens is 1310 g/mol. The molecule has 2 aromatic carbocycles. The number of likely N-dealkylation sites (N-methyl/N-ethyl adjacent to an activating group) is 4. The lowest BCUT2D eigenvalue weighted by atomic mass is 10.0. The molecule has 1 fully saturated rings. The standard InChI is InChI=1S/C19H20ClFN2S.C19H22ClN3S.C19H21ClN2S.C19H21N3S/c1-22-9-7-16-15(12-22)19-17(11-18(20)24-19)23(16)8-3-5-13-4-2-6-14(21)10-13;1-13-5-6-14(10-21-13)4-3-8-23-17-7-9-22(2)11-15(17)19-18(23)16(20)12-24-19;1-21-11-9-16-15(13-21)19-17(12-18(20)23-19)22(16)10-5-8-14-6-3-2-4-7-14;1-12-8-17-19(23-12)18-15-6-5-14(21(15)2)9-16(18)22(17)11-13-4-3-7-20-10-13/h2,4,6,10-11H,3,5,7-9,12H2,1H3;5-6,10,12H,3-4,7-9,11H2,1-2H3;2-4,6-7,12H,5,8-11,13H2,1H3;3-4,7-8,10,14-15H,5-6,9,11H2,1-2H3. The first kappa shape index (κ1) is 65.6. The molecule has 0 amide bonds. The van der Waals surface area contributed by atoms with Gasteiger partial charge in [-0.2, -0.15) is 0 Å². The van der Waals surface area contributed by atoms with Crippen LogP contribution in [0.3, 0.4) is 0 Å². The monoisotopic (exact) mass is 1390 g/mol. The van der Waals surface area contributed by atoms with Crippen LogP contribution in [-0.2, 0) is 90.8 Å². The SMILES string of the molecule is CN1CCc2c(c3sc(Cl)cc3n2CCCc2cccc(F)c2)C1.CN1CCc2c(c3sc(Cl)cc3n2CCCc2ccccc2)C1.Cc1cc2c(s1)c1c(n2Cc2cccnc2)CC2CCC1N2C.Cc1ccc(CCCn2c3c(c4scc(Cl)c42)CN(C)CC3)cn1. The first-order valence-electron chi connectivity index (χ1n) is 33.5. The Morgan fingerprint density at radius 2 is 1.13 bits per heavy atom. The number of halogens is 4. The molecule has 2 bridgehead atoms. The van der Waals surface area contributed by atoms with Gasteiger partial charge >= 0.3 is 0 Å². The summed E-state index contributed by atoms with van der Waals surface area (Å²) in [5.74, 6) is -0.152. The van der Waals surface area contributed by atoms with Crippen molar-refractivity contribution in [1.29, 1.82) is 0 Å². The van der Waals surface area contributed by atoms with E-state index in [2.05, 4.69) is 155 Å². The van der Waals surface area contributed by atoms with E-state index in [9.17, 15) is 4.39 Å². The summed E-state index contributed by atoms with van der Waals surface area (Å²) in [5.41, 5.74) is 23.6. The van der Waals surface area contributed by atoms with Gasteiger partial charge in [-0.1, -0.05) is 89.4 Å². The van der Waals surface area contributed by atoms with Crippen molar-refractivity contribution in [2.45, 2.75) is 149 Å². The molecule has 18 heteroatoms. The first-order valence-corrected chi connectivity index (χ1v) is 38.0. The number of nitrogens with zero attached hydrogens (tertiary/aromatic N) is 10. The Hall–Kier alpha value is -5.66. The number of fused-ring (bicyclic) bond motifs is 15. The van der Waals surface area contributed by atoms with Crippen molar-refractivity contribution in [3.8, 4) is 0 Å². The van der Waals surface area contributed by atoms with Crippen molar-refractivity contribution in [2.75, 3.05) is 47.8 Å². The number of pyridine rings is 2. The highest BCUT2D eigenvalue weighted by Gasteiger charge is 2.41. The van der Waals surface area contributed by atoms with Crippen LogP contribution in [0.15, 0.2) is 121 Å². The minimum absolute atomic E-state index is 0.152. The third kappa shape index (κ3) is 13.8. The minimum Gasteiger partial charge on any atom is -0.343 e. The predicted octanol–water partition coefficient (Wildman–Crippen LogP) is 18.9. The van der Waals surface area contributed by atoms with Gasteiger partial charge in [-0.3, -0.25) is 14.9 Å². The van der Waals surface area contributed by atoms with Crippen LogP contribution < -0.4 is 0 Å². The molecule has 0 saturated carbocycles. The normalized spacial score (nSPS) is 17.2. The van der Waals surface area contributed by atoms with Crippen LogP contribution in [-0.4, -0.2) is 102 Å². The zero-order valence-electron chi connectivity index (χ0n) is 54.9. The lowest BCUT2D eigenvalue weighted by Crippen LogP contribution is -2.34. The predicted molar refractivity (Wildman–Crippen MR) is 396 cm³/mol. The molecule has 2 unspecified atom stereocenters. The summed E-state index contributed by atoms with van der Waals surface area (Å²) in [6.45, 7) is 14.7. The van der Waals surface area contributed by atoms with Crippen LogP contribution in [0.1, 0.15) is 116 Å². The average Bonchev–Trinajstić information content (AvgIpc) is 1.59. The number of benzene rings is 2. The maximum atomic E-state index is 13.3. The maximum absolute atomic E-state index is 13.3. The van der Waals surface area contributed by atoms with Crippen molar-refractivity contribution < 1.29 is 4.39 Å². The molecule has 1 saturated heterocycles. The number of hydrogen-bond acceptors (Lipinski definition) is 10. The van der Waals surface area contributed by atoms with Crippen molar-refractivity contribution in [1.82, 2.24) is 47.8 Å². The second-order valence-electron chi connectivity index (χ2n) is 26.7. The van der Waals surface area contributed by atoms with Gasteiger partial charge in [0.15, 0.2) is 0 Å². The molecular formula is C76H84Cl3FN10S4. The van der Waals surface area contributed by atoms with Crippen molar-refractivity contribution in [3.05, 3.63) is 218 Å². The summed E-state index contributed by atoms with van der Waals surface area (Å²) in [5, 5.41) is 2.99. The molecule has 0 N–H and O–H groups in total. The molecule has 10 nitrogen and oxygen atoms in total. The first-order chi connectivity index (χ1) is 45.7. The number of hydrogen-bond donors (Lipinski definition) is 0. The Bertz CT molecular complexity index is 4610. The zero-order chi connectivity index (χ0) is 64.7. The molecule has 10 aromatic heterocycles. The van der Waals surface area contributed by atoms with Crippen LogP contribution in [0.4, 0.5) is 4.39 Å². The molecule has 0 aliphatic carbocycles. The highest BCUT2D eigenvalue weighted by Crippen LogP contribution is 2.49. The number of aryl methyl sites for hydroxylation is 8. The fourth-order valence-electron chi connectivity index (χ4n) is 15.6. The van der Waals surface area contributed by atoms with E-state index in [1.165, 1.54) is 128 Å². The van der Waals surface area contributed by atoms with E-state index in [4.69, 9.17) is 34.8 Å². The highest BCUT2D eigenvalue weighted by atomic mass is 35.5. The van der Waals surface area contributed by atoms with Crippen molar-refractivity contribution >= 4 is 121 Å². The van der Waals surface area contributed by atoms with E-state index in [1.54, 1.807) is 57.4 Å². The number of thiophene rings is 4. The van der Waals surface area contributed by atoms with Crippen molar-refractivity contribution in [3.63, 3.8) is 0 Å². The van der Waals surface area contributed by atoms with Gasteiger partial charge in [0.25, 0.3) is 0 Å². The second-order valence-corrected chi connectivity index (χ2v) is 32.6. The van der Waals surface area contributed by atoms with Gasteiger partial charge in [0.05, 0.1) is 54.6 Å². The Morgan fingerprint density at radius 3 is 1.74 bits per heavy atom. The molecule has 15 heterocycles. The van der Waals surface area contributed by atoms with E-state index in [0.717, 1.165) is 148 Å². The number of aromatic nitrogens is 6. The van der Waals surface area contributed by atoms with Gasteiger partial charge in [0.1, 0.15) is 5.82 Å². The Morgan fingerprint density at radius 1 is 0.543 bits per heavy atom. The van der Waals surface area contributed by atoms with Crippen LogP contribution in [0, 0.1) is 19.7 Å². The largest absolute Gasteiger partial charge is 0.343 e. The van der Waals surface area contributed by atoms with E-state index < -0.39 is 0 Å². The fraction of sp³-hybridized carbons (Fsp3) is 0.395. The molecule has 12 aromatic rings. The van der Waals surface area contributed by atoms with Gasteiger partial charge in [-0.25, -0.2) is 4.39 Å². The summed E-state index contributed by atoms with van der Waals surface area (Å²) < 4.78 is 30.8. The molecule has 5 aliphatic heterocycles.